The molecule has 2 fully saturated rings. The summed E-state index contributed by atoms with van der Waals surface area (Å²) < 4.78 is 55.8. The van der Waals surface area contributed by atoms with Gasteiger partial charge in [0, 0.05) is 5.41 Å². The van der Waals surface area contributed by atoms with Crippen molar-refractivity contribution >= 4 is 20.2 Å². The Morgan fingerprint density at radius 1 is 0.950 bits per heavy atom. The Bertz CT molecular complexity index is 606. The van der Waals surface area contributed by atoms with Crippen molar-refractivity contribution < 1.29 is 25.2 Å². The Kier molecular flexibility index (Phi) is 3.57. The molecular formula is C12H22O6S2. The van der Waals surface area contributed by atoms with Crippen LogP contribution in [0, 0.1) is 16.7 Å². The number of fused-ring (bicyclic) bond motifs is 2. The van der Waals surface area contributed by atoms with Gasteiger partial charge in [-0.15, -0.1) is 0 Å². The van der Waals surface area contributed by atoms with E-state index >= 15 is 0 Å². The van der Waals surface area contributed by atoms with Gasteiger partial charge < -0.3 is 0 Å². The van der Waals surface area contributed by atoms with E-state index in [1.54, 1.807) is 0 Å². The highest BCUT2D eigenvalue weighted by atomic mass is 32.2. The molecule has 2 bridgehead atoms. The van der Waals surface area contributed by atoms with Gasteiger partial charge in [-0.2, -0.15) is 16.8 Å². The largest absolute Gasteiger partial charge is 0.267 e. The van der Waals surface area contributed by atoms with E-state index in [4.69, 9.17) is 8.37 Å². The summed E-state index contributed by atoms with van der Waals surface area (Å²) in [6.07, 6.45) is 2.24. The van der Waals surface area contributed by atoms with Crippen LogP contribution in [0.3, 0.4) is 0 Å². The van der Waals surface area contributed by atoms with E-state index in [-0.39, 0.29) is 11.3 Å². The molecule has 0 aliphatic heterocycles. The number of hydrogen-bond acceptors (Lipinski definition) is 6. The molecule has 8 heteroatoms. The van der Waals surface area contributed by atoms with E-state index in [0.29, 0.717) is 12.8 Å². The van der Waals surface area contributed by atoms with Gasteiger partial charge in [0.15, 0.2) is 0 Å². The molecule has 0 saturated heterocycles. The molecule has 2 aliphatic carbocycles. The van der Waals surface area contributed by atoms with E-state index in [0.717, 1.165) is 12.5 Å². The van der Waals surface area contributed by atoms with Crippen molar-refractivity contribution in [1.29, 1.82) is 0 Å². The standard InChI is InChI=1S/C12H22O6S2/c1-11(2)8-6-10(18-20(5,15)16)12(11,3)7-9(8)17-19(4,13)14/h8-10H,6-7H2,1-5H3/t8-,9-,10-,12-/m0/s1. The summed E-state index contributed by atoms with van der Waals surface area (Å²) in [5, 5.41) is 0. The summed E-state index contributed by atoms with van der Waals surface area (Å²) >= 11 is 0. The lowest BCUT2D eigenvalue weighted by atomic mass is 9.70. The summed E-state index contributed by atoms with van der Waals surface area (Å²) in [7, 11) is -7.05. The highest BCUT2D eigenvalue weighted by Gasteiger charge is 2.67. The smallest absolute Gasteiger partial charge is 0.264 e. The van der Waals surface area contributed by atoms with Crippen molar-refractivity contribution in [3.63, 3.8) is 0 Å². The molecule has 6 nitrogen and oxygen atoms in total. The van der Waals surface area contributed by atoms with Crippen LogP contribution in [0.25, 0.3) is 0 Å². The molecule has 0 amide bonds. The van der Waals surface area contributed by atoms with E-state index < -0.39 is 37.9 Å². The maximum atomic E-state index is 11.4. The first kappa shape index (κ1) is 16.2. The molecule has 20 heavy (non-hydrogen) atoms. The predicted octanol–water partition coefficient (Wildman–Crippen LogP) is 1.13. The Morgan fingerprint density at radius 3 is 1.80 bits per heavy atom. The molecular weight excluding hydrogens is 304 g/mol. The molecule has 0 aromatic carbocycles. The minimum Gasteiger partial charge on any atom is -0.267 e. The predicted molar refractivity (Wildman–Crippen MR) is 74.0 cm³/mol. The fraction of sp³-hybridized carbons (Fsp3) is 1.00. The Morgan fingerprint density at radius 2 is 1.45 bits per heavy atom. The maximum Gasteiger partial charge on any atom is 0.264 e. The van der Waals surface area contributed by atoms with Crippen LogP contribution in [0.1, 0.15) is 33.6 Å². The third kappa shape index (κ3) is 2.63. The van der Waals surface area contributed by atoms with Gasteiger partial charge in [0.2, 0.25) is 0 Å². The third-order valence-corrected chi connectivity index (χ3v) is 6.42. The van der Waals surface area contributed by atoms with Gasteiger partial charge in [0.25, 0.3) is 20.2 Å². The van der Waals surface area contributed by atoms with Gasteiger partial charge in [0.1, 0.15) is 0 Å². The summed E-state index contributed by atoms with van der Waals surface area (Å²) in [6, 6.07) is 0. The van der Waals surface area contributed by atoms with Gasteiger partial charge >= 0.3 is 0 Å². The second kappa shape index (κ2) is 4.41. The Hall–Kier alpha value is -0.180. The van der Waals surface area contributed by atoms with Gasteiger partial charge in [-0.05, 0) is 24.2 Å². The van der Waals surface area contributed by atoms with Gasteiger partial charge in [-0.1, -0.05) is 20.8 Å². The monoisotopic (exact) mass is 326 g/mol. The SMILES string of the molecule is CC1(C)[C@H]2C[C@H](OS(C)(=O)=O)[C@]1(C)C[C@@H]2OS(C)(=O)=O. The average molecular weight is 326 g/mol. The fourth-order valence-corrected chi connectivity index (χ4v) is 5.24. The zero-order chi connectivity index (χ0) is 15.6. The highest BCUT2D eigenvalue weighted by molar-refractivity contribution is 7.86. The minimum atomic E-state index is -3.53. The van der Waals surface area contributed by atoms with Gasteiger partial charge in [-0.25, -0.2) is 0 Å². The van der Waals surface area contributed by atoms with Crippen LogP contribution in [0.15, 0.2) is 0 Å². The van der Waals surface area contributed by atoms with Crippen molar-refractivity contribution in [1.82, 2.24) is 0 Å². The summed E-state index contributed by atoms with van der Waals surface area (Å²) in [5.41, 5.74) is -0.659. The molecule has 4 atom stereocenters. The van der Waals surface area contributed by atoms with Crippen LogP contribution in [0.2, 0.25) is 0 Å². The summed E-state index contributed by atoms with van der Waals surface area (Å²) in [4.78, 5) is 0. The second-order valence-electron chi connectivity index (χ2n) is 6.81. The lowest BCUT2D eigenvalue weighted by molar-refractivity contribution is 0.0198. The van der Waals surface area contributed by atoms with Crippen LogP contribution in [-0.2, 0) is 28.6 Å². The van der Waals surface area contributed by atoms with Crippen molar-refractivity contribution in [2.24, 2.45) is 16.7 Å². The maximum absolute atomic E-state index is 11.4. The highest BCUT2D eigenvalue weighted by Crippen LogP contribution is 2.67. The van der Waals surface area contributed by atoms with Crippen molar-refractivity contribution in [2.75, 3.05) is 12.5 Å². The quantitative estimate of drug-likeness (QED) is 0.720. The fourth-order valence-electron chi connectivity index (χ4n) is 3.88. The Balaban J connectivity index is 2.28. The molecule has 0 heterocycles. The van der Waals surface area contributed by atoms with Crippen molar-refractivity contribution in [2.45, 2.75) is 45.8 Å². The van der Waals surface area contributed by atoms with Gasteiger partial charge in [0.05, 0.1) is 24.7 Å². The van der Waals surface area contributed by atoms with E-state index in [9.17, 15) is 16.8 Å². The average Bonchev–Trinajstić information content (AvgIpc) is 2.43. The van der Waals surface area contributed by atoms with Gasteiger partial charge in [-0.3, -0.25) is 8.37 Å². The lowest BCUT2D eigenvalue weighted by Crippen LogP contribution is -2.39. The van der Waals surface area contributed by atoms with Crippen LogP contribution in [0.4, 0.5) is 0 Å². The number of hydrogen-bond donors (Lipinski definition) is 0. The minimum absolute atomic E-state index is 0.0334. The molecule has 0 unspecified atom stereocenters. The zero-order valence-corrected chi connectivity index (χ0v) is 14.0. The zero-order valence-electron chi connectivity index (χ0n) is 12.4. The Labute approximate surface area is 121 Å². The second-order valence-corrected chi connectivity index (χ2v) is 10.0. The van der Waals surface area contributed by atoms with Crippen LogP contribution >= 0.6 is 0 Å². The molecule has 2 rings (SSSR count). The molecule has 2 aliphatic rings. The first-order valence-corrected chi connectivity index (χ1v) is 10.2. The molecule has 0 aromatic rings. The molecule has 0 aromatic heterocycles. The van der Waals surface area contributed by atoms with Crippen LogP contribution in [-0.4, -0.2) is 41.6 Å². The molecule has 0 N–H and O–H groups in total. The molecule has 2 saturated carbocycles. The molecule has 0 radical (unpaired) electrons. The summed E-state index contributed by atoms with van der Waals surface area (Å²) in [6.45, 7) is 6.00. The van der Waals surface area contributed by atoms with E-state index in [1.807, 2.05) is 20.8 Å². The normalized spacial score (nSPS) is 40.1. The van der Waals surface area contributed by atoms with Crippen LogP contribution in [0.5, 0.6) is 0 Å². The first-order valence-electron chi connectivity index (χ1n) is 6.53. The third-order valence-electron chi connectivity index (χ3n) is 5.24. The van der Waals surface area contributed by atoms with Crippen molar-refractivity contribution in [3.05, 3.63) is 0 Å². The molecule has 0 spiro atoms. The topological polar surface area (TPSA) is 86.7 Å². The molecule has 118 valence electrons. The lowest BCUT2D eigenvalue weighted by Gasteiger charge is -2.38. The van der Waals surface area contributed by atoms with Crippen molar-refractivity contribution in [3.8, 4) is 0 Å². The van der Waals surface area contributed by atoms with Crippen LogP contribution < -0.4 is 0 Å². The summed E-state index contributed by atoms with van der Waals surface area (Å²) in [5.74, 6) is -0.0334. The first-order chi connectivity index (χ1) is 8.76. The van der Waals surface area contributed by atoms with E-state index in [2.05, 4.69) is 0 Å². The van der Waals surface area contributed by atoms with E-state index in [1.165, 1.54) is 0 Å². The number of rotatable bonds is 4.